The van der Waals surface area contributed by atoms with E-state index in [4.69, 9.17) is 4.52 Å². The number of carbonyl (C=O) groups excluding carboxylic acids is 1. The molecule has 0 aliphatic carbocycles. The molecule has 8 heteroatoms. The highest BCUT2D eigenvalue weighted by Gasteiger charge is 2.30. The van der Waals surface area contributed by atoms with E-state index < -0.39 is 0 Å². The quantitative estimate of drug-likeness (QED) is 0.596. The second kappa shape index (κ2) is 7.28. The topological polar surface area (TPSA) is 59.2 Å². The minimum absolute atomic E-state index is 0.00631. The number of nitrogens with zero attached hydrogens (tertiary/aromatic N) is 3. The standard InChI is InChI=1S/C18H15BrFN3O2S/c19-15-14(7-9-26-15)18(24)23-8-1-2-12(10-23)17-21-16(22-25-17)11-3-5-13(20)6-4-11/h3-7,9,12H,1-2,8,10H2. The lowest BCUT2D eigenvalue weighted by Crippen LogP contribution is -2.39. The fraction of sp³-hybridized carbons (Fsp3) is 0.278. The van der Waals surface area contributed by atoms with Gasteiger partial charge in [-0.15, -0.1) is 11.3 Å². The summed E-state index contributed by atoms with van der Waals surface area (Å²) in [4.78, 5) is 19.0. The molecule has 0 spiro atoms. The van der Waals surface area contributed by atoms with Gasteiger partial charge in [-0.25, -0.2) is 4.39 Å². The fourth-order valence-corrected chi connectivity index (χ4v) is 4.33. The van der Waals surface area contributed by atoms with Gasteiger partial charge in [0.1, 0.15) is 5.82 Å². The molecule has 0 N–H and O–H groups in total. The lowest BCUT2D eigenvalue weighted by molar-refractivity contribution is 0.0695. The maximum absolute atomic E-state index is 13.1. The first-order valence-electron chi connectivity index (χ1n) is 8.23. The smallest absolute Gasteiger partial charge is 0.255 e. The second-order valence-electron chi connectivity index (χ2n) is 6.16. The molecule has 1 aliphatic heterocycles. The predicted octanol–water partition coefficient (Wildman–Crippen LogP) is 4.72. The zero-order valence-electron chi connectivity index (χ0n) is 13.7. The van der Waals surface area contributed by atoms with Crippen molar-refractivity contribution in [1.29, 1.82) is 0 Å². The van der Waals surface area contributed by atoms with E-state index in [0.717, 1.165) is 23.2 Å². The monoisotopic (exact) mass is 435 g/mol. The summed E-state index contributed by atoms with van der Waals surface area (Å²) in [6.07, 6.45) is 1.77. The molecular formula is C18H15BrFN3O2S. The number of hydrogen-bond donors (Lipinski definition) is 0. The number of aromatic nitrogens is 2. The summed E-state index contributed by atoms with van der Waals surface area (Å²) < 4.78 is 19.3. The van der Waals surface area contributed by atoms with Crippen molar-refractivity contribution in [3.05, 3.63) is 56.8 Å². The first-order chi connectivity index (χ1) is 12.6. The normalized spacial score (nSPS) is 17.5. The molecular weight excluding hydrogens is 421 g/mol. The number of thiophene rings is 1. The molecule has 26 heavy (non-hydrogen) atoms. The van der Waals surface area contributed by atoms with E-state index >= 15 is 0 Å². The highest BCUT2D eigenvalue weighted by atomic mass is 79.9. The molecule has 1 aromatic carbocycles. The van der Waals surface area contributed by atoms with Crippen LogP contribution >= 0.6 is 27.3 Å². The highest BCUT2D eigenvalue weighted by Crippen LogP contribution is 2.30. The summed E-state index contributed by atoms with van der Waals surface area (Å²) in [7, 11) is 0. The van der Waals surface area contributed by atoms with Gasteiger partial charge in [-0.2, -0.15) is 4.98 Å². The van der Waals surface area contributed by atoms with Gasteiger partial charge < -0.3 is 9.42 Å². The number of halogens is 2. The molecule has 1 unspecified atom stereocenters. The van der Waals surface area contributed by atoms with Crippen LogP contribution in [0.2, 0.25) is 0 Å². The predicted molar refractivity (Wildman–Crippen MR) is 99.6 cm³/mol. The Morgan fingerprint density at radius 1 is 1.31 bits per heavy atom. The molecule has 0 bridgehead atoms. The number of carbonyl (C=O) groups is 1. The molecule has 1 saturated heterocycles. The Kier molecular flexibility index (Phi) is 4.86. The van der Waals surface area contributed by atoms with E-state index in [2.05, 4.69) is 26.1 Å². The van der Waals surface area contributed by atoms with Gasteiger partial charge in [-0.3, -0.25) is 4.79 Å². The maximum Gasteiger partial charge on any atom is 0.255 e. The van der Waals surface area contributed by atoms with Crippen LogP contribution in [-0.2, 0) is 0 Å². The van der Waals surface area contributed by atoms with E-state index in [-0.39, 0.29) is 17.6 Å². The average Bonchev–Trinajstić information content (AvgIpc) is 3.31. The molecule has 1 atom stereocenters. The molecule has 1 aliphatic rings. The van der Waals surface area contributed by atoms with Crippen molar-refractivity contribution in [3.63, 3.8) is 0 Å². The molecule has 3 heterocycles. The summed E-state index contributed by atoms with van der Waals surface area (Å²) in [5.41, 5.74) is 1.39. The van der Waals surface area contributed by atoms with Crippen LogP contribution in [0.4, 0.5) is 4.39 Å². The largest absolute Gasteiger partial charge is 0.339 e. The van der Waals surface area contributed by atoms with Gasteiger partial charge in [0.15, 0.2) is 0 Å². The van der Waals surface area contributed by atoms with Crippen LogP contribution in [0.15, 0.2) is 44.0 Å². The number of benzene rings is 1. The molecule has 134 valence electrons. The van der Waals surface area contributed by atoms with Crippen molar-refractivity contribution >= 4 is 33.2 Å². The summed E-state index contributed by atoms with van der Waals surface area (Å²) in [6, 6.07) is 7.81. The third kappa shape index (κ3) is 3.43. The molecule has 4 rings (SSSR count). The Bertz CT molecular complexity index is 925. The van der Waals surface area contributed by atoms with Crippen LogP contribution in [0.25, 0.3) is 11.4 Å². The van der Waals surface area contributed by atoms with Gasteiger partial charge in [0.2, 0.25) is 11.7 Å². The highest BCUT2D eigenvalue weighted by molar-refractivity contribution is 9.11. The number of rotatable bonds is 3. The van der Waals surface area contributed by atoms with Crippen molar-refractivity contribution in [3.8, 4) is 11.4 Å². The summed E-state index contributed by atoms with van der Waals surface area (Å²) >= 11 is 4.93. The van der Waals surface area contributed by atoms with Crippen LogP contribution in [0, 0.1) is 5.82 Å². The minimum atomic E-state index is -0.307. The van der Waals surface area contributed by atoms with Crippen LogP contribution in [0.3, 0.4) is 0 Å². The fourth-order valence-electron chi connectivity index (χ4n) is 3.10. The molecule has 1 fully saturated rings. The van der Waals surface area contributed by atoms with Crippen LogP contribution in [-0.4, -0.2) is 34.0 Å². The van der Waals surface area contributed by atoms with Gasteiger partial charge in [-0.1, -0.05) is 5.16 Å². The summed E-state index contributed by atoms with van der Waals surface area (Å²) in [5, 5.41) is 5.90. The number of amides is 1. The lowest BCUT2D eigenvalue weighted by Gasteiger charge is -2.31. The maximum atomic E-state index is 13.1. The van der Waals surface area contributed by atoms with E-state index in [1.807, 2.05) is 16.3 Å². The van der Waals surface area contributed by atoms with Crippen LogP contribution < -0.4 is 0 Å². The molecule has 0 saturated carbocycles. The van der Waals surface area contributed by atoms with Gasteiger partial charge >= 0.3 is 0 Å². The van der Waals surface area contributed by atoms with Gasteiger partial charge in [0.05, 0.1) is 15.3 Å². The Hall–Kier alpha value is -2.06. The summed E-state index contributed by atoms with van der Waals surface area (Å²) in [6.45, 7) is 1.27. The van der Waals surface area contributed by atoms with E-state index in [9.17, 15) is 9.18 Å². The van der Waals surface area contributed by atoms with Gasteiger partial charge in [0, 0.05) is 18.7 Å². The van der Waals surface area contributed by atoms with Crippen LogP contribution in [0.5, 0.6) is 0 Å². The third-order valence-electron chi connectivity index (χ3n) is 4.45. The van der Waals surface area contributed by atoms with Crippen molar-refractivity contribution in [2.45, 2.75) is 18.8 Å². The molecule has 3 aromatic rings. The van der Waals surface area contributed by atoms with Gasteiger partial charge in [-0.05, 0) is 64.5 Å². The molecule has 2 aromatic heterocycles. The van der Waals surface area contributed by atoms with E-state index in [0.29, 0.717) is 29.4 Å². The zero-order chi connectivity index (χ0) is 18.1. The summed E-state index contributed by atoms with van der Waals surface area (Å²) in [5.74, 6) is 0.668. The Morgan fingerprint density at radius 3 is 2.85 bits per heavy atom. The van der Waals surface area contributed by atoms with Crippen LogP contribution in [0.1, 0.15) is 35.0 Å². The Balaban J connectivity index is 1.51. The van der Waals surface area contributed by atoms with Crippen molar-refractivity contribution in [2.75, 3.05) is 13.1 Å². The van der Waals surface area contributed by atoms with Gasteiger partial charge in [0.25, 0.3) is 5.91 Å². The lowest BCUT2D eigenvalue weighted by atomic mass is 9.97. The number of hydrogen-bond acceptors (Lipinski definition) is 5. The molecule has 5 nitrogen and oxygen atoms in total. The Labute approximate surface area is 162 Å². The number of likely N-dealkylation sites (tertiary alicyclic amines) is 1. The van der Waals surface area contributed by atoms with E-state index in [1.165, 1.54) is 23.5 Å². The second-order valence-corrected chi connectivity index (χ2v) is 8.40. The van der Waals surface area contributed by atoms with Crippen molar-refractivity contribution in [1.82, 2.24) is 15.0 Å². The Morgan fingerprint density at radius 2 is 2.12 bits per heavy atom. The number of piperidine rings is 1. The van der Waals surface area contributed by atoms with E-state index in [1.54, 1.807) is 12.1 Å². The molecule has 0 radical (unpaired) electrons. The minimum Gasteiger partial charge on any atom is -0.339 e. The SMILES string of the molecule is O=C(c1ccsc1Br)N1CCCC(c2nc(-c3ccc(F)cc3)no2)C1. The van der Waals surface area contributed by atoms with Crippen molar-refractivity contribution < 1.29 is 13.7 Å². The first-order valence-corrected chi connectivity index (χ1v) is 9.91. The third-order valence-corrected chi connectivity index (χ3v) is 6.14. The molecule has 1 amide bonds. The zero-order valence-corrected chi connectivity index (χ0v) is 16.1. The first kappa shape index (κ1) is 17.4. The average molecular weight is 436 g/mol. The van der Waals surface area contributed by atoms with Crippen molar-refractivity contribution in [2.24, 2.45) is 0 Å².